The lowest BCUT2D eigenvalue weighted by Crippen LogP contribution is -2.58. The number of nitrogens with two attached hydrogens (primary N) is 1. The highest BCUT2D eigenvalue weighted by Crippen LogP contribution is 2.34. The fourth-order valence-electron chi connectivity index (χ4n) is 5.44. The first-order valence-electron chi connectivity index (χ1n) is 12.2. The van der Waals surface area contributed by atoms with Gasteiger partial charge in [-0.15, -0.1) is 0 Å². The molecule has 3 saturated heterocycles. The number of piperidine rings is 1. The third-order valence-corrected chi connectivity index (χ3v) is 7.63. The molecule has 1 aromatic carbocycles. The molecule has 3 aliphatic rings. The van der Waals surface area contributed by atoms with Crippen LogP contribution >= 0.6 is 0 Å². The molecular weight excluding hydrogens is 400 g/mol. The molecule has 3 fully saturated rings. The molecule has 2 aromatic rings. The maximum absolute atomic E-state index is 6.28. The van der Waals surface area contributed by atoms with Gasteiger partial charge in [-0.05, 0) is 86.4 Å². The summed E-state index contributed by atoms with van der Waals surface area (Å²) >= 11 is 0. The van der Waals surface area contributed by atoms with E-state index in [-0.39, 0.29) is 0 Å². The first kappa shape index (κ1) is 21.7. The van der Waals surface area contributed by atoms with Crippen molar-refractivity contribution in [2.24, 2.45) is 0 Å². The molecule has 1 aromatic heterocycles. The zero-order chi connectivity index (χ0) is 21.9. The molecule has 0 amide bonds. The van der Waals surface area contributed by atoms with Crippen LogP contribution in [-0.2, 0) is 11.3 Å². The van der Waals surface area contributed by atoms with Gasteiger partial charge in [-0.1, -0.05) is 12.1 Å². The van der Waals surface area contributed by atoms with Crippen LogP contribution < -0.4 is 15.8 Å². The lowest BCUT2D eigenvalue weighted by atomic mass is 9.87. The zero-order valence-corrected chi connectivity index (χ0v) is 19.2. The number of rotatable bonds is 6. The third-order valence-electron chi connectivity index (χ3n) is 7.63. The van der Waals surface area contributed by atoms with E-state index in [0.717, 1.165) is 56.5 Å². The molecule has 0 saturated carbocycles. The maximum atomic E-state index is 6.28. The van der Waals surface area contributed by atoms with E-state index in [1.807, 2.05) is 6.20 Å². The minimum absolute atomic E-state index is 0.459. The maximum Gasteiger partial charge on any atom is 0.130 e. The van der Waals surface area contributed by atoms with Crippen LogP contribution in [-0.4, -0.2) is 55.3 Å². The van der Waals surface area contributed by atoms with E-state index in [1.54, 1.807) is 0 Å². The van der Waals surface area contributed by atoms with Gasteiger partial charge in [0.1, 0.15) is 18.2 Å². The predicted molar refractivity (Wildman–Crippen MR) is 127 cm³/mol. The van der Waals surface area contributed by atoms with Crippen molar-refractivity contribution in [3.05, 3.63) is 52.7 Å². The molecule has 0 spiro atoms. The van der Waals surface area contributed by atoms with Crippen LogP contribution in [0.5, 0.6) is 5.75 Å². The second-order valence-corrected chi connectivity index (χ2v) is 9.59. The smallest absolute Gasteiger partial charge is 0.130 e. The number of pyridine rings is 1. The third kappa shape index (κ3) is 4.63. The number of aryl methyl sites for hydroxylation is 1. The number of likely N-dealkylation sites (tertiary alicyclic amines) is 1. The number of aromatic nitrogens is 1. The Bertz CT molecular complexity index is 916. The Labute approximate surface area is 191 Å². The van der Waals surface area contributed by atoms with Crippen molar-refractivity contribution in [1.82, 2.24) is 15.2 Å². The highest BCUT2D eigenvalue weighted by molar-refractivity contribution is 5.46. The van der Waals surface area contributed by atoms with Crippen molar-refractivity contribution in [3.8, 4) is 5.75 Å². The zero-order valence-electron chi connectivity index (χ0n) is 19.2. The van der Waals surface area contributed by atoms with Crippen LogP contribution in [0.3, 0.4) is 0 Å². The van der Waals surface area contributed by atoms with Crippen LogP contribution in [0.2, 0.25) is 0 Å². The van der Waals surface area contributed by atoms with Gasteiger partial charge >= 0.3 is 0 Å². The van der Waals surface area contributed by atoms with Gasteiger partial charge in [0.05, 0.1) is 0 Å². The SMILES string of the molecule is Cc1cc(C2CCN(C3CNC3)CC2)ccc1OCc1c(C2CCOCC2)ccnc1N. The molecular formula is C26H36N4O2. The standard InChI is InChI=1S/C26H36N4O2/c1-18-14-21(19-5-10-30(11-6-19)22-15-28-16-22)2-3-25(18)32-17-24-23(4-9-29-26(24)27)20-7-12-31-13-8-20/h2-4,9,14,19-20,22,28H,5-8,10-13,15-17H2,1H3,(H2,27,29). The number of hydrogen-bond donors (Lipinski definition) is 2. The molecule has 5 rings (SSSR count). The predicted octanol–water partition coefficient (Wildman–Crippen LogP) is 3.60. The van der Waals surface area contributed by atoms with Crippen molar-refractivity contribution in [1.29, 1.82) is 0 Å². The monoisotopic (exact) mass is 436 g/mol. The molecule has 4 heterocycles. The molecule has 3 N–H and O–H groups in total. The van der Waals surface area contributed by atoms with Crippen molar-refractivity contribution < 1.29 is 9.47 Å². The lowest BCUT2D eigenvalue weighted by Gasteiger charge is -2.42. The van der Waals surface area contributed by atoms with E-state index < -0.39 is 0 Å². The summed E-state index contributed by atoms with van der Waals surface area (Å²) in [7, 11) is 0. The molecule has 0 atom stereocenters. The van der Waals surface area contributed by atoms with Gasteiger partial charge in [-0.25, -0.2) is 4.98 Å². The normalized spacial score (nSPS) is 21.4. The van der Waals surface area contributed by atoms with E-state index in [0.29, 0.717) is 24.3 Å². The van der Waals surface area contributed by atoms with Gasteiger partial charge in [0, 0.05) is 44.1 Å². The van der Waals surface area contributed by atoms with E-state index >= 15 is 0 Å². The first-order chi connectivity index (χ1) is 15.7. The number of benzene rings is 1. The second-order valence-electron chi connectivity index (χ2n) is 9.59. The van der Waals surface area contributed by atoms with E-state index in [9.17, 15) is 0 Å². The Morgan fingerprint density at radius 1 is 1.09 bits per heavy atom. The Hall–Kier alpha value is -2.15. The van der Waals surface area contributed by atoms with E-state index in [2.05, 4.69) is 46.4 Å². The highest BCUT2D eigenvalue weighted by atomic mass is 16.5. The number of nitrogen functional groups attached to an aromatic ring is 1. The van der Waals surface area contributed by atoms with Crippen LogP contribution in [0.1, 0.15) is 59.8 Å². The van der Waals surface area contributed by atoms with Crippen LogP contribution in [0, 0.1) is 6.92 Å². The van der Waals surface area contributed by atoms with Gasteiger partial charge in [-0.2, -0.15) is 0 Å². The number of nitrogens with zero attached hydrogens (tertiary/aromatic N) is 2. The molecule has 172 valence electrons. The summed E-state index contributed by atoms with van der Waals surface area (Å²) in [6.45, 7) is 8.98. The van der Waals surface area contributed by atoms with Crippen LogP contribution in [0.25, 0.3) is 0 Å². The van der Waals surface area contributed by atoms with Gasteiger partial charge in [-0.3, -0.25) is 4.90 Å². The minimum Gasteiger partial charge on any atom is -0.488 e. The van der Waals surface area contributed by atoms with Gasteiger partial charge < -0.3 is 20.5 Å². The summed E-state index contributed by atoms with van der Waals surface area (Å²) in [5.41, 5.74) is 11.2. The minimum atomic E-state index is 0.459. The van der Waals surface area contributed by atoms with Crippen LogP contribution in [0.4, 0.5) is 5.82 Å². The molecule has 0 aliphatic carbocycles. The summed E-state index contributed by atoms with van der Waals surface area (Å²) in [6.07, 6.45) is 6.37. The lowest BCUT2D eigenvalue weighted by molar-refractivity contribution is 0.0849. The molecule has 6 nitrogen and oxygen atoms in total. The summed E-state index contributed by atoms with van der Waals surface area (Å²) in [4.78, 5) is 6.99. The number of hydrogen-bond acceptors (Lipinski definition) is 6. The average Bonchev–Trinajstić information content (AvgIpc) is 2.79. The van der Waals surface area contributed by atoms with Crippen molar-refractivity contribution in [3.63, 3.8) is 0 Å². The van der Waals surface area contributed by atoms with Gasteiger partial charge in [0.2, 0.25) is 0 Å². The fraction of sp³-hybridized carbons (Fsp3) is 0.577. The molecule has 0 bridgehead atoms. The van der Waals surface area contributed by atoms with Gasteiger partial charge in [0.15, 0.2) is 0 Å². The number of anilines is 1. The average molecular weight is 437 g/mol. The fourth-order valence-corrected chi connectivity index (χ4v) is 5.44. The Balaban J connectivity index is 1.23. The number of ether oxygens (including phenoxy) is 2. The Kier molecular flexibility index (Phi) is 6.62. The molecule has 0 radical (unpaired) electrons. The first-order valence-corrected chi connectivity index (χ1v) is 12.2. The van der Waals surface area contributed by atoms with Gasteiger partial charge in [0.25, 0.3) is 0 Å². The Morgan fingerprint density at radius 3 is 2.56 bits per heavy atom. The second kappa shape index (κ2) is 9.77. The molecule has 6 heteroatoms. The summed E-state index contributed by atoms with van der Waals surface area (Å²) in [6, 6.07) is 9.60. The topological polar surface area (TPSA) is 72.6 Å². The van der Waals surface area contributed by atoms with E-state index in [1.165, 1.54) is 42.6 Å². The quantitative estimate of drug-likeness (QED) is 0.721. The molecule has 32 heavy (non-hydrogen) atoms. The summed E-state index contributed by atoms with van der Waals surface area (Å²) < 4.78 is 11.8. The summed E-state index contributed by atoms with van der Waals surface area (Å²) in [5.74, 6) is 2.64. The summed E-state index contributed by atoms with van der Waals surface area (Å²) in [5, 5.41) is 3.39. The molecule has 3 aliphatic heterocycles. The Morgan fingerprint density at radius 2 is 1.88 bits per heavy atom. The molecule has 0 unspecified atom stereocenters. The highest BCUT2D eigenvalue weighted by Gasteiger charge is 2.29. The van der Waals surface area contributed by atoms with Crippen molar-refractivity contribution >= 4 is 5.82 Å². The van der Waals surface area contributed by atoms with E-state index in [4.69, 9.17) is 15.2 Å². The number of nitrogens with one attached hydrogen (secondary N) is 1. The van der Waals surface area contributed by atoms with Crippen molar-refractivity contribution in [2.45, 2.75) is 57.1 Å². The largest absolute Gasteiger partial charge is 0.488 e. The van der Waals surface area contributed by atoms with Crippen LogP contribution in [0.15, 0.2) is 30.5 Å². The van der Waals surface area contributed by atoms with Crippen molar-refractivity contribution in [2.75, 3.05) is 45.1 Å².